The third kappa shape index (κ3) is 7.87. The Morgan fingerprint density at radius 1 is 1.10 bits per heavy atom. The Labute approximate surface area is 237 Å². The average molecular weight is 592 g/mol. The molecule has 3 aromatic rings. The number of nitrogens with zero attached hydrogens (tertiary/aromatic N) is 2. The Kier molecular flexibility index (Phi) is 10.6. The highest BCUT2D eigenvalue weighted by Gasteiger charge is 2.31. The van der Waals surface area contributed by atoms with Crippen molar-refractivity contribution in [3.8, 4) is 5.75 Å². The summed E-state index contributed by atoms with van der Waals surface area (Å²) in [6, 6.07) is 16.2. The van der Waals surface area contributed by atoms with Crippen LogP contribution in [0.5, 0.6) is 5.75 Å². The molecule has 0 aliphatic heterocycles. The van der Waals surface area contributed by atoms with Gasteiger partial charge in [0.05, 0.1) is 22.6 Å². The number of thioether (sulfide) groups is 1. The summed E-state index contributed by atoms with van der Waals surface area (Å²) in [4.78, 5) is 23.4. The summed E-state index contributed by atoms with van der Waals surface area (Å²) in [6.07, 6.45) is 0.694. The van der Waals surface area contributed by atoms with Crippen molar-refractivity contribution < 1.29 is 22.9 Å². The van der Waals surface area contributed by atoms with E-state index >= 15 is 0 Å². The summed E-state index contributed by atoms with van der Waals surface area (Å²) in [5.74, 6) is 1.31. The Hall–Kier alpha value is -3.28. The molecule has 3 aromatic carbocycles. The Morgan fingerprint density at radius 2 is 1.85 bits per heavy atom. The molecule has 1 N–H and O–H groups in total. The number of anilines is 1. The summed E-state index contributed by atoms with van der Waals surface area (Å²) >= 11 is 7.91. The average Bonchev–Trinajstić information content (AvgIpc) is 2.90. The first-order valence-electron chi connectivity index (χ1n) is 12.0. The second-order valence-electron chi connectivity index (χ2n) is 8.72. The normalized spacial score (nSPS) is 11.2. The smallest absolute Gasteiger partial charge is 0.273 e. The summed E-state index contributed by atoms with van der Waals surface area (Å²) in [7, 11) is -3.06. The predicted molar refractivity (Wildman–Crippen MR) is 155 cm³/mol. The summed E-state index contributed by atoms with van der Waals surface area (Å²) in [5.41, 5.74) is 2.50. The molecule has 208 valence electrons. The molecule has 39 heavy (non-hydrogen) atoms. The first kappa shape index (κ1) is 30.3. The van der Waals surface area contributed by atoms with Crippen molar-refractivity contribution in [2.75, 3.05) is 30.3 Å². The van der Waals surface area contributed by atoms with Gasteiger partial charge < -0.3 is 10.1 Å². The van der Waals surface area contributed by atoms with E-state index < -0.39 is 27.4 Å². The lowest BCUT2D eigenvalue weighted by Crippen LogP contribution is -2.41. The van der Waals surface area contributed by atoms with Gasteiger partial charge in [-0.25, -0.2) is 8.42 Å². The molecular formula is C27H30ClN3O6S2. The van der Waals surface area contributed by atoms with E-state index in [1.165, 1.54) is 55.5 Å². The maximum Gasteiger partial charge on any atom is 0.273 e. The molecule has 0 bridgehead atoms. The minimum absolute atomic E-state index is 0.0390. The van der Waals surface area contributed by atoms with Crippen molar-refractivity contribution in [3.63, 3.8) is 0 Å². The van der Waals surface area contributed by atoms with Gasteiger partial charge in [0.2, 0.25) is 5.91 Å². The Balaban J connectivity index is 1.76. The van der Waals surface area contributed by atoms with Gasteiger partial charge >= 0.3 is 0 Å². The number of aryl methyl sites for hydroxylation is 2. The van der Waals surface area contributed by atoms with E-state index in [0.29, 0.717) is 18.5 Å². The highest BCUT2D eigenvalue weighted by Crippen LogP contribution is 2.35. The van der Waals surface area contributed by atoms with Crippen LogP contribution in [-0.2, 0) is 20.6 Å². The maximum atomic E-state index is 13.7. The number of nitrogens with one attached hydrogen (secondary N) is 1. The van der Waals surface area contributed by atoms with Crippen LogP contribution in [0.2, 0.25) is 5.02 Å². The number of amides is 1. The zero-order valence-corrected chi connectivity index (χ0v) is 24.2. The van der Waals surface area contributed by atoms with Gasteiger partial charge in [0.15, 0.2) is 0 Å². The number of benzene rings is 3. The Bertz CT molecular complexity index is 1450. The fourth-order valence-electron chi connectivity index (χ4n) is 3.77. The van der Waals surface area contributed by atoms with Gasteiger partial charge in [0.25, 0.3) is 15.7 Å². The largest absolute Gasteiger partial charge is 0.495 e. The molecule has 0 atom stereocenters. The van der Waals surface area contributed by atoms with Crippen LogP contribution in [0.3, 0.4) is 0 Å². The summed E-state index contributed by atoms with van der Waals surface area (Å²) in [6.45, 7) is 3.37. The van der Waals surface area contributed by atoms with Gasteiger partial charge in [0.1, 0.15) is 12.3 Å². The summed E-state index contributed by atoms with van der Waals surface area (Å²) < 4.78 is 33.7. The molecule has 0 fully saturated rings. The third-order valence-corrected chi connectivity index (χ3v) is 9.05. The van der Waals surface area contributed by atoms with Crippen LogP contribution in [0.4, 0.5) is 11.4 Å². The van der Waals surface area contributed by atoms with E-state index in [1.807, 2.05) is 12.1 Å². The quantitative estimate of drug-likeness (QED) is 0.158. The number of halogens is 1. The van der Waals surface area contributed by atoms with Crippen LogP contribution in [-0.4, -0.2) is 45.2 Å². The van der Waals surface area contributed by atoms with Crippen molar-refractivity contribution in [2.45, 2.75) is 30.9 Å². The van der Waals surface area contributed by atoms with E-state index in [-0.39, 0.29) is 27.0 Å². The van der Waals surface area contributed by atoms with E-state index in [9.17, 15) is 23.3 Å². The van der Waals surface area contributed by atoms with Crippen LogP contribution in [0, 0.1) is 24.0 Å². The standard InChI is InChI=1S/C27H30ClN3O6S2/c1-19-7-4-5-8-21(19)18-38-14-6-13-29-27(32)17-30(25-15-22(28)10-12-26(25)37-3)39(35,36)23-11-9-20(2)24(16-23)31(33)34/h4-5,7-12,15-16H,6,13-14,17-18H2,1-3H3,(H,29,32). The highest BCUT2D eigenvalue weighted by atomic mass is 35.5. The molecule has 0 saturated carbocycles. The van der Waals surface area contributed by atoms with Crippen molar-refractivity contribution in [3.05, 3.63) is 92.5 Å². The summed E-state index contributed by atoms with van der Waals surface area (Å²) in [5, 5.41) is 14.4. The van der Waals surface area contributed by atoms with E-state index in [1.54, 1.807) is 11.8 Å². The number of sulfonamides is 1. The van der Waals surface area contributed by atoms with E-state index in [2.05, 4.69) is 24.4 Å². The lowest BCUT2D eigenvalue weighted by molar-refractivity contribution is -0.385. The Morgan fingerprint density at radius 3 is 2.54 bits per heavy atom. The predicted octanol–water partition coefficient (Wildman–Crippen LogP) is 5.51. The molecule has 0 unspecified atom stereocenters. The molecule has 12 heteroatoms. The number of methoxy groups -OCH3 is 1. The number of hydrogen-bond acceptors (Lipinski definition) is 7. The fourth-order valence-corrected chi connectivity index (χ4v) is 6.42. The fraction of sp³-hybridized carbons (Fsp3) is 0.296. The zero-order chi connectivity index (χ0) is 28.6. The molecule has 0 saturated heterocycles. The highest BCUT2D eigenvalue weighted by molar-refractivity contribution is 7.98. The number of ether oxygens (including phenoxy) is 1. The van der Waals surface area contributed by atoms with Gasteiger partial charge in [0, 0.05) is 29.0 Å². The van der Waals surface area contributed by atoms with Crippen LogP contribution >= 0.6 is 23.4 Å². The topological polar surface area (TPSA) is 119 Å². The van der Waals surface area contributed by atoms with E-state index in [0.717, 1.165) is 21.9 Å². The van der Waals surface area contributed by atoms with Crippen LogP contribution in [0.25, 0.3) is 0 Å². The lowest BCUT2D eigenvalue weighted by atomic mass is 10.1. The molecule has 3 rings (SSSR count). The second-order valence-corrected chi connectivity index (χ2v) is 12.1. The molecule has 9 nitrogen and oxygen atoms in total. The minimum Gasteiger partial charge on any atom is -0.495 e. The third-order valence-electron chi connectivity index (χ3n) is 5.97. The lowest BCUT2D eigenvalue weighted by Gasteiger charge is -2.26. The molecule has 0 heterocycles. The van der Waals surface area contributed by atoms with Gasteiger partial charge in [-0.05, 0) is 61.4 Å². The first-order valence-corrected chi connectivity index (χ1v) is 15.0. The second kappa shape index (κ2) is 13.7. The number of hydrogen-bond donors (Lipinski definition) is 1. The minimum atomic E-state index is -4.42. The number of nitro benzene ring substituents is 1. The van der Waals surface area contributed by atoms with Gasteiger partial charge in [-0.1, -0.05) is 41.9 Å². The zero-order valence-electron chi connectivity index (χ0n) is 21.8. The van der Waals surface area contributed by atoms with Gasteiger partial charge in [-0.2, -0.15) is 11.8 Å². The molecular weight excluding hydrogens is 562 g/mol. The van der Waals surface area contributed by atoms with Gasteiger partial charge in [-0.3, -0.25) is 19.2 Å². The van der Waals surface area contributed by atoms with Crippen molar-refractivity contribution in [1.82, 2.24) is 5.32 Å². The molecule has 0 aliphatic rings. The van der Waals surface area contributed by atoms with Gasteiger partial charge in [-0.15, -0.1) is 0 Å². The number of carbonyl (C=O) groups excluding carboxylic acids is 1. The number of nitro groups is 1. The van der Waals surface area contributed by atoms with Crippen LogP contribution < -0.4 is 14.4 Å². The maximum absolute atomic E-state index is 13.7. The van der Waals surface area contributed by atoms with Crippen LogP contribution in [0.15, 0.2) is 65.6 Å². The monoisotopic (exact) mass is 591 g/mol. The van der Waals surface area contributed by atoms with E-state index in [4.69, 9.17) is 16.3 Å². The molecule has 0 aromatic heterocycles. The molecule has 0 spiro atoms. The van der Waals surface area contributed by atoms with Crippen molar-refractivity contribution >= 4 is 50.7 Å². The number of carbonyl (C=O) groups is 1. The molecule has 0 aliphatic carbocycles. The molecule has 1 amide bonds. The van der Waals surface area contributed by atoms with Crippen molar-refractivity contribution in [1.29, 1.82) is 0 Å². The van der Waals surface area contributed by atoms with Crippen molar-refractivity contribution in [2.24, 2.45) is 0 Å². The van der Waals surface area contributed by atoms with Crippen LogP contribution in [0.1, 0.15) is 23.1 Å². The first-order chi connectivity index (χ1) is 18.5. The number of rotatable bonds is 13. The SMILES string of the molecule is COc1ccc(Cl)cc1N(CC(=O)NCCCSCc1ccccc1C)S(=O)(=O)c1ccc(C)c([N+](=O)[O-])c1. The molecule has 0 radical (unpaired) electrons.